The van der Waals surface area contributed by atoms with Gasteiger partial charge in [0.15, 0.2) is 0 Å². The van der Waals surface area contributed by atoms with E-state index in [4.69, 9.17) is 14.7 Å². The fourth-order valence-corrected chi connectivity index (χ4v) is 4.14. The lowest BCUT2D eigenvalue weighted by Gasteiger charge is -2.15. The molecular weight excluding hydrogens is 396 g/mol. The topological polar surface area (TPSA) is 70.8 Å². The molecule has 0 fully saturated rings. The van der Waals surface area contributed by atoms with Gasteiger partial charge in [-0.1, -0.05) is 49.1 Å². The van der Waals surface area contributed by atoms with E-state index >= 15 is 0 Å². The van der Waals surface area contributed by atoms with Crippen LogP contribution < -0.4 is 10.1 Å². The minimum atomic E-state index is 0.268. The van der Waals surface area contributed by atoms with Crippen molar-refractivity contribution < 1.29 is 4.74 Å². The predicted octanol–water partition coefficient (Wildman–Crippen LogP) is 5.85. The van der Waals surface area contributed by atoms with Gasteiger partial charge >= 0.3 is 0 Å². The summed E-state index contributed by atoms with van der Waals surface area (Å²) < 4.78 is 5.65. The first-order valence-electron chi connectivity index (χ1n) is 10.8. The van der Waals surface area contributed by atoms with E-state index in [0.29, 0.717) is 23.9 Å². The molecule has 0 radical (unpaired) electrons. The number of hydrogen-bond donors (Lipinski definition) is 1. The summed E-state index contributed by atoms with van der Waals surface area (Å²) in [6.45, 7) is 7.87. The maximum Gasteiger partial charge on any atom is 0.227 e. The van der Waals surface area contributed by atoms with Crippen molar-refractivity contribution in [1.29, 1.82) is 5.26 Å². The third-order valence-electron chi connectivity index (χ3n) is 5.64. The molecule has 3 aromatic rings. The summed E-state index contributed by atoms with van der Waals surface area (Å²) in [6, 6.07) is 18.1. The predicted molar refractivity (Wildman–Crippen MR) is 127 cm³/mol. The third-order valence-corrected chi connectivity index (χ3v) is 5.64. The summed E-state index contributed by atoms with van der Waals surface area (Å²) in [5.74, 6) is 1.34. The van der Waals surface area contributed by atoms with Gasteiger partial charge in [-0.15, -0.1) is 6.58 Å². The smallest absolute Gasteiger partial charge is 0.227 e. The zero-order valence-electron chi connectivity index (χ0n) is 18.1. The van der Waals surface area contributed by atoms with Crippen molar-refractivity contribution in [3.05, 3.63) is 102 Å². The van der Waals surface area contributed by atoms with Crippen molar-refractivity contribution in [3.8, 4) is 11.8 Å². The molecule has 1 heterocycles. The number of nitrogens with one attached hydrogen (secondary N) is 1. The van der Waals surface area contributed by atoms with Crippen LogP contribution in [0.2, 0.25) is 0 Å². The van der Waals surface area contributed by atoms with E-state index in [9.17, 15) is 5.26 Å². The first kappa shape index (κ1) is 21.3. The van der Waals surface area contributed by atoms with Crippen LogP contribution in [-0.4, -0.2) is 16.6 Å². The molecule has 1 aliphatic rings. The van der Waals surface area contributed by atoms with Crippen molar-refractivity contribution in [2.45, 2.75) is 31.6 Å². The van der Waals surface area contributed by atoms with Gasteiger partial charge in [-0.25, -0.2) is 9.97 Å². The zero-order valence-corrected chi connectivity index (χ0v) is 18.1. The van der Waals surface area contributed by atoms with Crippen LogP contribution in [0.25, 0.3) is 0 Å². The van der Waals surface area contributed by atoms with Gasteiger partial charge < -0.3 is 10.1 Å². The minimum Gasteiger partial charge on any atom is -0.488 e. The summed E-state index contributed by atoms with van der Waals surface area (Å²) in [5.41, 5.74) is 5.97. The van der Waals surface area contributed by atoms with E-state index in [1.165, 1.54) is 11.1 Å². The van der Waals surface area contributed by atoms with E-state index in [1.54, 1.807) is 18.2 Å². The second-order valence-corrected chi connectivity index (χ2v) is 7.73. The second kappa shape index (κ2) is 9.93. The van der Waals surface area contributed by atoms with Crippen molar-refractivity contribution >= 4 is 11.6 Å². The molecule has 160 valence electrons. The SMILES string of the molecule is C=CCCc1nc(Nc2ccc(C#N)c(OCC=C)c2)nc2c1CCC2c1ccccc1. The zero-order chi connectivity index (χ0) is 22.3. The first-order valence-corrected chi connectivity index (χ1v) is 10.8. The summed E-state index contributed by atoms with van der Waals surface area (Å²) in [7, 11) is 0. The van der Waals surface area contributed by atoms with Gasteiger partial charge in [0.1, 0.15) is 18.4 Å². The Morgan fingerprint density at radius 1 is 1.12 bits per heavy atom. The molecule has 0 aliphatic heterocycles. The van der Waals surface area contributed by atoms with E-state index in [0.717, 1.165) is 42.8 Å². The molecule has 32 heavy (non-hydrogen) atoms. The Hall–Kier alpha value is -3.91. The summed E-state index contributed by atoms with van der Waals surface area (Å²) >= 11 is 0. The highest BCUT2D eigenvalue weighted by molar-refractivity contribution is 5.61. The number of nitriles is 1. The van der Waals surface area contributed by atoms with Crippen molar-refractivity contribution in [2.75, 3.05) is 11.9 Å². The molecule has 1 unspecified atom stereocenters. The molecule has 0 saturated heterocycles. The Balaban J connectivity index is 1.70. The van der Waals surface area contributed by atoms with Gasteiger partial charge in [0.25, 0.3) is 0 Å². The first-order chi connectivity index (χ1) is 15.7. The Morgan fingerprint density at radius 2 is 1.97 bits per heavy atom. The van der Waals surface area contributed by atoms with E-state index in [2.05, 4.69) is 48.8 Å². The average molecular weight is 423 g/mol. The van der Waals surface area contributed by atoms with Crippen LogP contribution in [0.5, 0.6) is 5.75 Å². The molecule has 0 bridgehead atoms. The van der Waals surface area contributed by atoms with Crippen molar-refractivity contribution in [2.24, 2.45) is 0 Å². The van der Waals surface area contributed by atoms with Gasteiger partial charge in [0.05, 0.1) is 11.3 Å². The molecule has 0 spiro atoms. The summed E-state index contributed by atoms with van der Waals surface area (Å²) in [5, 5.41) is 12.7. The van der Waals surface area contributed by atoms with Crippen LogP contribution in [0, 0.1) is 11.3 Å². The molecule has 1 atom stereocenters. The molecule has 5 heteroatoms. The lowest BCUT2D eigenvalue weighted by Crippen LogP contribution is -2.08. The van der Waals surface area contributed by atoms with Crippen LogP contribution >= 0.6 is 0 Å². The Bertz CT molecular complexity index is 1160. The standard InChI is InChI=1S/C27H26N4O/c1-3-5-11-24-23-15-14-22(19-9-7-6-8-10-19)26(23)31-27(30-24)29-21-13-12-20(18-28)25(17-21)32-16-4-2/h3-4,6-10,12-13,17,22H,1-2,5,11,14-16H2,(H,29,30,31). The number of benzene rings is 2. The molecule has 1 N–H and O–H groups in total. The molecule has 1 aliphatic carbocycles. The molecule has 4 rings (SSSR count). The van der Waals surface area contributed by atoms with Crippen LogP contribution in [0.15, 0.2) is 73.8 Å². The maximum absolute atomic E-state index is 9.35. The van der Waals surface area contributed by atoms with Gasteiger partial charge in [-0.2, -0.15) is 5.26 Å². The minimum absolute atomic E-state index is 0.268. The fraction of sp³-hybridized carbons (Fsp3) is 0.222. The number of hydrogen-bond acceptors (Lipinski definition) is 5. The number of allylic oxidation sites excluding steroid dienone is 1. The van der Waals surface area contributed by atoms with Gasteiger partial charge in [0.2, 0.25) is 5.95 Å². The van der Waals surface area contributed by atoms with Crippen molar-refractivity contribution in [1.82, 2.24) is 9.97 Å². The highest BCUT2D eigenvalue weighted by atomic mass is 16.5. The van der Waals surface area contributed by atoms with Crippen LogP contribution in [0.1, 0.15) is 46.8 Å². The van der Waals surface area contributed by atoms with Gasteiger partial charge in [-0.3, -0.25) is 0 Å². The van der Waals surface area contributed by atoms with Crippen LogP contribution in [0.4, 0.5) is 11.6 Å². The van der Waals surface area contributed by atoms with Crippen LogP contribution in [-0.2, 0) is 12.8 Å². The molecular formula is C27H26N4O. The Kier molecular flexibility index (Phi) is 6.62. The lowest BCUT2D eigenvalue weighted by atomic mass is 9.96. The monoisotopic (exact) mass is 422 g/mol. The number of rotatable bonds is 9. The number of ether oxygens (including phenoxy) is 1. The average Bonchev–Trinajstić information content (AvgIpc) is 3.26. The Morgan fingerprint density at radius 3 is 2.72 bits per heavy atom. The van der Waals surface area contributed by atoms with Gasteiger partial charge in [-0.05, 0) is 48.9 Å². The Labute approximate surface area is 189 Å². The number of nitrogens with zero attached hydrogens (tertiary/aromatic N) is 3. The quantitative estimate of drug-likeness (QED) is 0.438. The summed E-state index contributed by atoms with van der Waals surface area (Å²) in [4.78, 5) is 9.79. The normalized spacial score (nSPS) is 14.3. The second-order valence-electron chi connectivity index (χ2n) is 7.73. The largest absolute Gasteiger partial charge is 0.488 e. The highest BCUT2D eigenvalue weighted by Gasteiger charge is 2.29. The molecule has 0 amide bonds. The molecule has 5 nitrogen and oxygen atoms in total. The van der Waals surface area contributed by atoms with Crippen LogP contribution in [0.3, 0.4) is 0 Å². The fourth-order valence-electron chi connectivity index (χ4n) is 4.14. The third kappa shape index (κ3) is 4.55. The van der Waals surface area contributed by atoms with Crippen molar-refractivity contribution in [3.63, 3.8) is 0 Å². The molecule has 1 aromatic heterocycles. The molecule has 2 aromatic carbocycles. The van der Waals surface area contributed by atoms with E-state index in [1.807, 2.05) is 18.2 Å². The number of anilines is 2. The molecule has 0 saturated carbocycles. The van der Waals surface area contributed by atoms with Gasteiger partial charge in [0, 0.05) is 23.4 Å². The number of aromatic nitrogens is 2. The van der Waals surface area contributed by atoms with E-state index in [-0.39, 0.29) is 5.92 Å². The highest BCUT2D eigenvalue weighted by Crippen LogP contribution is 2.39. The maximum atomic E-state index is 9.35. The number of aryl methyl sites for hydroxylation is 1. The lowest BCUT2D eigenvalue weighted by molar-refractivity contribution is 0.362. The van der Waals surface area contributed by atoms with E-state index < -0.39 is 0 Å². The summed E-state index contributed by atoms with van der Waals surface area (Å²) in [6.07, 6.45) is 7.31. The number of fused-ring (bicyclic) bond motifs is 1.